The van der Waals surface area contributed by atoms with Crippen LogP contribution in [-0.2, 0) is 0 Å². The van der Waals surface area contributed by atoms with Crippen molar-refractivity contribution in [3.63, 3.8) is 0 Å². The van der Waals surface area contributed by atoms with Gasteiger partial charge in [0.25, 0.3) is 0 Å². The third-order valence-corrected chi connectivity index (χ3v) is 3.60. The highest BCUT2D eigenvalue weighted by Crippen LogP contribution is 2.32. The van der Waals surface area contributed by atoms with Crippen molar-refractivity contribution in [1.82, 2.24) is 4.98 Å². The van der Waals surface area contributed by atoms with E-state index in [1.165, 1.54) is 0 Å². The van der Waals surface area contributed by atoms with Crippen LogP contribution >= 0.6 is 15.9 Å². The van der Waals surface area contributed by atoms with Crippen LogP contribution in [0.3, 0.4) is 0 Å². The first kappa shape index (κ1) is 11.4. The zero-order valence-corrected chi connectivity index (χ0v) is 11.0. The van der Waals surface area contributed by atoms with Crippen LogP contribution < -0.4 is 0 Å². The average Bonchev–Trinajstić information content (AvgIpc) is 2.83. The molecule has 0 fully saturated rings. The molecule has 1 unspecified atom stereocenters. The Morgan fingerprint density at radius 3 is 2.83 bits per heavy atom. The zero-order valence-electron chi connectivity index (χ0n) is 9.38. The van der Waals surface area contributed by atoms with E-state index in [1.54, 1.807) is 24.7 Å². The van der Waals surface area contributed by atoms with Gasteiger partial charge in [0.05, 0.1) is 6.26 Å². The van der Waals surface area contributed by atoms with E-state index in [-0.39, 0.29) is 0 Å². The minimum Gasteiger partial charge on any atom is -0.457 e. The molecule has 0 aliphatic rings. The predicted molar refractivity (Wildman–Crippen MR) is 72.2 cm³/mol. The number of pyridine rings is 1. The minimum atomic E-state index is -0.731. The van der Waals surface area contributed by atoms with E-state index >= 15 is 0 Å². The van der Waals surface area contributed by atoms with E-state index in [9.17, 15) is 5.11 Å². The van der Waals surface area contributed by atoms with Crippen molar-refractivity contribution >= 4 is 26.7 Å². The van der Waals surface area contributed by atoms with Crippen molar-refractivity contribution in [3.05, 3.63) is 64.8 Å². The molecule has 0 saturated heterocycles. The first-order chi connectivity index (χ1) is 8.77. The fourth-order valence-corrected chi connectivity index (χ4v) is 2.50. The first-order valence-corrected chi connectivity index (χ1v) is 6.30. The molecule has 0 bridgehead atoms. The molecule has 2 heterocycles. The molecule has 3 nitrogen and oxygen atoms in total. The molecule has 1 atom stereocenters. The quantitative estimate of drug-likeness (QED) is 0.785. The zero-order chi connectivity index (χ0) is 12.5. The maximum absolute atomic E-state index is 10.4. The lowest BCUT2D eigenvalue weighted by Crippen LogP contribution is -2.00. The highest BCUT2D eigenvalue weighted by molar-refractivity contribution is 9.10. The van der Waals surface area contributed by atoms with Gasteiger partial charge in [-0.3, -0.25) is 4.98 Å². The number of benzene rings is 1. The molecular formula is C14H10BrNO2. The lowest BCUT2D eigenvalue weighted by Gasteiger charge is -2.12. The summed E-state index contributed by atoms with van der Waals surface area (Å²) in [6, 6.07) is 9.50. The predicted octanol–water partition coefficient (Wildman–Crippen LogP) is 3.67. The molecule has 2 aromatic heterocycles. The molecule has 0 radical (unpaired) electrons. The second kappa shape index (κ2) is 4.55. The molecule has 4 heteroatoms. The average molecular weight is 304 g/mol. The van der Waals surface area contributed by atoms with Crippen molar-refractivity contribution < 1.29 is 9.52 Å². The van der Waals surface area contributed by atoms with Crippen LogP contribution in [-0.4, -0.2) is 10.1 Å². The van der Waals surface area contributed by atoms with Crippen LogP contribution in [0.4, 0.5) is 0 Å². The van der Waals surface area contributed by atoms with E-state index in [4.69, 9.17) is 4.42 Å². The molecule has 0 spiro atoms. The van der Waals surface area contributed by atoms with Gasteiger partial charge in [0, 0.05) is 23.3 Å². The Bertz CT molecular complexity index is 688. The summed E-state index contributed by atoms with van der Waals surface area (Å²) in [6.45, 7) is 0. The van der Waals surface area contributed by atoms with Gasteiger partial charge >= 0.3 is 0 Å². The third kappa shape index (κ3) is 1.83. The highest BCUT2D eigenvalue weighted by atomic mass is 79.9. The monoisotopic (exact) mass is 303 g/mol. The van der Waals surface area contributed by atoms with Gasteiger partial charge in [-0.2, -0.15) is 0 Å². The standard InChI is InChI=1S/C14H10BrNO2/c15-14-11(5-7-18-14)13(17)10-3-1-2-9-4-6-16-8-12(9)10/h1-8,13,17H. The number of halogens is 1. The van der Waals surface area contributed by atoms with Gasteiger partial charge in [-0.1, -0.05) is 18.2 Å². The Balaban J connectivity index is 2.18. The number of hydrogen-bond acceptors (Lipinski definition) is 3. The maximum atomic E-state index is 10.4. The van der Waals surface area contributed by atoms with Gasteiger partial charge in [0.2, 0.25) is 0 Å². The van der Waals surface area contributed by atoms with Gasteiger partial charge in [-0.25, -0.2) is 0 Å². The number of nitrogens with zero attached hydrogens (tertiary/aromatic N) is 1. The fourth-order valence-electron chi connectivity index (χ4n) is 2.04. The molecule has 90 valence electrons. The van der Waals surface area contributed by atoms with E-state index in [0.717, 1.165) is 16.3 Å². The van der Waals surface area contributed by atoms with E-state index in [2.05, 4.69) is 20.9 Å². The molecule has 0 amide bonds. The van der Waals surface area contributed by atoms with Crippen LogP contribution in [0.5, 0.6) is 0 Å². The SMILES string of the molecule is OC(c1ccoc1Br)c1cccc2ccncc12. The number of fused-ring (bicyclic) bond motifs is 1. The van der Waals surface area contributed by atoms with E-state index in [1.807, 2.05) is 24.3 Å². The molecule has 1 aromatic carbocycles. The molecular weight excluding hydrogens is 294 g/mol. The van der Waals surface area contributed by atoms with E-state index in [0.29, 0.717) is 10.2 Å². The van der Waals surface area contributed by atoms with Crippen molar-refractivity contribution in [2.45, 2.75) is 6.10 Å². The molecule has 3 aromatic rings. The second-order valence-corrected chi connectivity index (χ2v) is 4.72. The van der Waals surface area contributed by atoms with Gasteiger partial charge in [0.15, 0.2) is 4.67 Å². The second-order valence-electron chi connectivity index (χ2n) is 4.00. The Labute approximate surface area is 112 Å². The summed E-state index contributed by atoms with van der Waals surface area (Å²) in [7, 11) is 0. The smallest absolute Gasteiger partial charge is 0.175 e. The number of rotatable bonds is 2. The number of aromatic nitrogens is 1. The fraction of sp³-hybridized carbons (Fsp3) is 0.0714. The van der Waals surface area contributed by atoms with Gasteiger partial charge in [-0.15, -0.1) is 0 Å². The van der Waals surface area contributed by atoms with Crippen LogP contribution in [0.15, 0.2) is 58.1 Å². The van der Waals surface area contributed by atoms with Crippen LogP contribution in [0.2, 0.25) is 0 Å². The lowest BCUT2D eigenvalue weighted by atomic mass is 9.99. The summed E-state index contributed by atoms with van der Waals surface area (Å²) >= 11 is 3.29. The Morgan fingerprint density at radius 1 is 1.17 bits per heavy atom. The van der Waals surface area contributed by atoms with Crippen molar-refractivity contribution in [2.75, 3.05) is 0 Å². The summed E-state index contributed by atoms with van der Waals surface area (Å²) in [5, 5.41) is 12.4. The summed E-state index contributed by atoms with van der Waals surface area (Å²) in [6.07, 6.45) is 4.33. The molecule has 18 heavy (non-hydrogen) atoms. The molecule has 0 aliphatic carbocycles. The summed E-state index contributed by atoms with van der Waals surface area (Å²) in [4.78, 5) is 4.11. The topological polar surface area (TPSA) is 46.3 Å². The largest absolute Gasteiger partial charge is 0.457 e. The first-order valence-electron chi connectivity index (χ1n) is 5.51. The maximum Gasteiger partial charge on any atom is 0.175 e. The number of aliphatic hydroxyl groups excluding tert-OH is 1. The van der Waals surface area contributed by atoms with Crippen molar-refractivity contribution in [2.24, 2.45) is 0 Å². The van der Waals surface area contributed by atoms with Gasteiger partial charge < -0.3 is 9.52 Å². The Kier molecular flexibility index (Phi) is 2.89. The normalized spacial score (nSPS) is 12.8. The molecule has 3 rings (SSSR count). The molecule has 0 aliphatic heterocycles. The highest BCUT2D eigenvalue weighted by Gasteiger charge is 2.17. The minimum absolute atomic E-state index is 0.552. The lowest BCUT2D eigenvalue weighted by molar-refractivity contribution is 0.219. The van der Waals surface area contributed by atoms with Crippen LogP contribution in [0.1, 0.15) is 17.2 Å². The number of aliphatic hydroxyl groups is 1. The van der Waals surface area contributed by atoms with Crippen LogP contribution in [0, 0.1) is 0 Å². The molecule has 0 saturated carbocycles. The van der Waals surface area contributed by atoms with Gasteiger partial charge in [-0.05, 0) is 39.0 Å². The number of hydrogen-bond donors (Lipinski definition) is 1. The van der Waals surface area contributed by atoms with E-state index < -0.39 is 6.10 Å². The number of furan rings is 1. The Hall–Kier alpha value is -1.65. The van der Waals surface area contributed by atoms with Gasteiger partial charge in [0.1, 0.15) is 6.10 Å². The van der Waals surface area contributed by atoms with Crippen molar-refractivity contribution in [3.8, 4) is 0 Å². The summed E-state index contributed by atoms with van der Waals surface area (Å²) in [5.41, 5.74) is 1.54. The van der Waals surface area contributed by atoms with Crippen LogP contribution in [0.25, 0.3) is 10.8 Å². The summed E-state index contributed by atoms with van der Waals surface area (Å²) in [5.74, 6) is 0. The Morgan fingerprint density at radius 2 is 2.06 bits per heavy atom. The third-order valence-electron chi connectivity index (χ3n) is 2.95. The molecule has 1 N–H and O–H groups in total. The summed E-state index contributed by atoms with van der Waals surface area (Å²) < 4.78 is 5.71. The van der Waals surface area contributed by atoms with Crippen molar-refractivity contribution in [1.29, 1.82) is 0 Å².